The minimum absolute atomic E-state index is 0.302. The second kappa shape index (κ2) is 5.43. The Morgan fingerprint density at radius 2 is 1.68 bits per heavy atom. The van der Waals surface area contributed by atoms with Crippen molar-refractivity contribution in [3.05, 3.63) is 71.9 Å². The van der Waals surface area contributed by atoms with Crippen molar-refractivity contribution in [1.82, 2.24) is 15.1 Å². The molecule has 3 heteroatoms. The summed E-state index contributed by atoms with van der Waals surface area (Å²) in [6.45, 7) is 3.20. The van der Waals surface area contributed by atoms with Crippen molar-refractivity contribution in [2.45, 2.75) is 19.4 Å². The van der Waals surface area contributed by atoms with Gasteiger partial charge in [-0.3, -0.25) is 0 Å². The van der Waals surface area contributed by atoms with Crippen LogP contribution in [0.15, 0.2) is 60.7 Å². The van der Waals surface area contributed by atoms with Crippen LogP contribution in [0.2, 0.25) is 0 Å². The van der Waals surface area contributed by atoms with Crippen molar-refractivity contribution in [2.24, 2.45) is 0 Å². The molecule has 3 aromatic rings. The molecule has 1 atom stereocenters. The van der Waals surface area contributed by atoms with Crippen LogP contribution in [-0.2, 0) is 6.42 Å². The highest BCUT2D eigenvalue weighted by Gasteiger charge is 2.26. The fourth-order valence-electron chi connectivity index (χ4n) is 3.22. The molecule has 3 nitrogen and oxygen atoms in total. The lowest BCUT2D eigenvalue weighted by Crippen LogP contribution is -2.27. The minimum atomic E-state index is 0.302. The molecule has 0 radical (unpaired) electrons. The second-order valence-corrected chi connectivity index (χ2v) is 5.75. The molecule has 0 saturated heterocycles. The third-order valence-corrected chi connectivity index (χ3v) is 4.30. The number of aromatic nitrogens is 2. The Balaban J connectivity index is 1.98. The lowest BCUT2D eigenvalue weighted by Gasteiger charge is -2.19. The van der Waals surface area contributed by atoms with Gasteiger partial charge in [-0.1, -0.05) is 48.5 Å². The molecule has 1 aliphatic heterocycles. The largest absolute Gasteiger partial charge is 0.308 e. The number of hydrogen-bond donors (Lipinski definition) is 1. The van der Waals surface area contributed by atoms with Crippen molar-refractivity contribution in [3.63, 3.8) is 0 Å². The molecule has 1 N–H and O–H groups in total. The highest BCUT2D eigenvalue weighted by molar-refractivity contribution is 5.67. The van der Waals surface area contributed by atoms with Gasteiger partial charge in [0.15, 0.2) is 0 Å². The maximum absolute atomic E-state index is 4.93. The predicted octanol–water partition coefficient (Wildman–Crippen LogP) is 3.75. The van der Waals surface area contributed by atoms with E-state index in [0.717, 1.165) is 18.7 Å². The van der Waals surface area contributed by atoms with Gasteiger partial charge in [0.25, 0.3) is 0 Å². The van der Waals surface area contributed by atoms with Gasteiger partial charge in [-0.25, -0.2) is 4.68 Å². The second-order valence-electron chi connectivity index (χ2n) is 5.75. The molecule has 1 aromatic heterocycles. The van der Waals surface area contributed by atoms with Crippen LogP contribution in [0.1, 0.15) is 24.2 Å². The third-order valence-electron chi connectivity index (χ3n) is 4.30. The molecule has 0 amide bonds. The summed E-state index contributed by atoms with van der Waals surface area (Å²) in [7, 11) is 0. The summed E-state index contributed by atoms with van der Waals surface area (Å²) in [5.41, 5.74) is 6.13. The Morgan fingerprint density at radius 3 is 2.41 bits per heavy atom. The predicted molar refractivity (Wildman–Crippen MR) is 89.1 cm³/mol. The average molecular weight is 289 g/mol. The van der Waals surface area contributed by atoms with Crippen LogP contribution in [0.3, 0.4) is 0 Å². The smallest absolute Gasteiger partial charge is 0.0834 e. The van der Waals surface area contributed by atoms with E-state index in [9.17, 15) is 0 Å². The van der Waals surface area contributed by atoms with E-state index >= 15 is 0 Å². The molecule has 0 bridgehead atoms. The Labute approximate surface area is 130 Å². The molecule has 2 heterocycles. The zero-order chi connectivity index (χ0) is 14.9. The van der Waals surface area contributed by atoms with Crippen molar-refractivity contribution in [1.29, 1.82) is 0 Å². The molecular weight excluding hydrogens is 270 g/mol. The normalized spacial score (nSPS) is 17.2. The highest BCUT2D eigenvalue weighted by Crippen LogP contribution is 2.33. The first kappa shape index (κ1) is 13.3. The number of benzene rings is 2. The van der Waals surface area contributed by atoms with E-state index in [0.29, 0.717) is 6.04 Å². The van der Waals surface area contributed by atoms with Gasteiger partial charge in [0.2, 0.25) is 0 Å². The number of nitrogens with zero attached hydrogens (tertiary/aromatic N) is 2. The number of fused-ring (bicyclic) bond motifs is 1. The van der Waals surface area contributed by atoms with Crippen LogP contribution in [0.25, 0.3) is 16.9 Å². The number of para-hydroxylation sites is 1. The summed E-state index contributed by atoms with van der Waals surface area (Å²) >= 11 is 0. The summed E-state index contributed by atoms with van der Waals surface area (Å²) in [6.07, 6.45) is 1.02. The first-order chi connectivity index (χ1) is 10.8. The van der Waals surface area contributed by atoms with Crippen molar-refractivity contribution >= 4 is 0 Å². The van der Waals surface area contributed by atoms with Crippen LogP contribution in [-0.4, -0.2) is 16.3 Å². The Hall–Kier alpha value is -2.39. The van der Waals surface area contributed by atoms with Gasteiger partial charge in [-0.15, -0.1) is 0 Å². The van der Waals surface area contributed by atoms with Gasteiger partial charge in [0, 0.05) is 17.2 Å². The standard InChI is InChI=1S/C19H19N3/c1-14-18-17(12-13-20-14)19(15-8-4-2-5-9-15)22(21-18)16-10-6-3-7-11-16/h2-11,14,20H,12-13H2,1H3/t14-/m1/s1. The molecule has 0 spiro atoms. The van der Waals surface area contributed by atoms with Crippen LogP contribution >= 0.6 is 0 Å². The summed E-state index contributed by atoms with van der Waals surface area (Å²) in [5.74, 6) is 0. The molecule has 22 heavy (non-hydrogen) atoms. The Morgan fingerprint density at radius 1 is 1.00 bits per heavy atom. The van der Waals surface area contributed by atoms with Gasteiger partial charge < -0.3 is 5.32 Å². The summed E-state index contributed by atoms with van der Waals surface area (Å²) in [4.78, 5) is 0. The highest BCUT2D eigenvalue weighted by atomic mass is 15.3. The van der Waals surface area contributed by atoms with Crippen LogP contribution in [0.4, 0.5) is 0 Å². The van der Waals surface area contributed by atoms with E-state index < -0.39 is 0 Å². The van der Waals surface area contributed by atoms with E-state index in [-0.39, 0.29) is 0 Å². The monoisotopic (exact) mass is 289 g/mol. The van der Waals surface area contributed by atoms with Crippen LogP contribution < -0.4 is 5.32 Å². The zero-order valence-electron chi connectivity index (χ0n) is 12.7. The average Bonchev–Trinajstić information content (AvgIpc) is 2.97. The van der Waals surface area contributed by atoms with Gasteiger partial charge in [0.1, 0.15) is 0 Å². The molecule has 2 aromatic carbocycles. The van der Waals surface area contributed by atoms with Crippen LogP contribution in [0, 0.1) is 0 Å². The molecule has 0 unspecified atom stereocenters. The fourth-order valence-corrected chi connectivity index (χ4v) is 3.22. The van der Waals surface area contributed by atoms with Crippen molar-refractivity contribution in [2.75, 3.05) is 6.54 Å². The minimum Gasteiger partial charge on any atom is -0.308 e. The molecule has 0 fully saturated rings. The molecule has 0 saturated carbocycles. The van der Waals surface area contributed by atoms with E-state index in [4.69, 9.17) is 5.10 Å². The summed E-state index contributed by atoms with van der Waals surface area (Å²) < 4.78 is 2.10. The fraction of sp³-hybridized carbons (Fsp3) is 0.211. The summed E-state index contributed by atoms with van der Waals surface area (Å²) in [5, 5.41) is 8.44. The lowest BCUT2D eigenvalue weighted by atomic mass is 9.97. The molecule has 4 rings (SSSR count). The van der Waals surface area contributed by atoms with E-state index in [2.05, 4.69) is 71.5 Å². The first-order valence-electron chi connectivity index (χ1n) is 7.80. The van der Waals surface area contributed by atoms with Gasteiger partial charge in [-0.2, -0.15) is 5.10 Å². The van der Waals surface area contributed by atoms with Gasteiger partial charge in [-0.05, 0) is 32.0 Å². The van der Waals surface area contributed by atoms with Crippen LogP contribution in [0.5, 0.6) is 0 Å². The SMILES string of the molecule is C[C@H]1NCCc2c1nn(-c1ccccc1)c2-c1ccccc1. The lowest BCUT2D eigenvalue weighted by molar-refractivity contribution is 0.527. The van der Waals surface area contributed by atoms with Crippen molar-refractivity contribution in [3.8, 4) is 16.9 Å². The van der Waals surface area contributed by atoms with E-state index in [1.165, 1.54) is 22.5 Å². The van der Waals surface area contributed by atoms with Crippen molar-refractivity contribution < 1.29 is 0 Å². The topological polar surface area (TPSA) is 29.9 Å². The maximum atomic E-state index is 4.93. The molecule has 0 aliphatic carbocycles. The molecular formula is C19H19N3. The molecule has 1 aliphatic rings. The number of nitrogens with one attached hydrogen (secondary N) is 1. The maximum Gasteiger partial charge on any atom is 0.0834 e. The summed E-state index contributed by atoms with van der Waals surface area (Å²) in [6, 6.07) is 21.3. The molecule has 110 valence electrons. The van der Waals surface area contributed by atoms with Gasteiger partial charge >= 0.3 is 0 Å². The number of rotatable bonds is 2. The zero-order valence-corrected chi connectivity index (χ0v) is 12.7. The Bertz CT molecular complexity index is 775. The third kappa shape index (κ3) is 2.14. The first-order valence-corrected chi connectivity index (χ1v) is 7.80. The quantitative estimate of drug-likeness (QED) is 0.778. The van der Waals surface area contributed by atoms with Gasteiger partial charge in [0.05, 0.1) is 17.1 Å². The van der Waals surface area contributed by atoms with E-state index in [1.54, 1.807) is 0 Å². The van der Waals surface area contributed by atoms with E-state index in [1.807, 2.05) is 6.07 Å². The number of hydrogen-bond acceptors (Lipinski definition) is 2. The Kier molecular flexibility index (Phi) is 3.28.